The molecule has 0 amide bonds. The summed E-state index contributed by atoms with van der Waals surface area (Å²) in [6.07, 6.45) is -15.1. The summed E-state index contributed by atoms with van der Waals surface area (Å²) in [5.74, 6) is 0. The molecular formula is C19H28O11. The molecule has 1 aromatic rings. The van der Waals surface area contributed by atoms with Crippen LogP contribution in [0.4, 0.5) is 0 Å². The van der Waals surface area contributed by atoms with Gasteiger partial charge in [-0.2, -0.15) is 0 Å². The third-order valence-electron chi connectivity index (χ3n) is 5.19. The van der Waals surface area contributed by atoms with Gasteiger partial charge in [0.2, 0.25) is 0 Å². The van der Waals surface area contributed by atoms with E-state index in [0.717, 1.165) is 5.56 Å². The van der Waals surface area contributed by atoms with Crippen LogP contribution < -0.4 is 0 Å². The second-order valence-electron chi connectivity index (χ2n) is 7.34. The number of hydrogen-bond donors (Lipinski definition) is 7. The summed E-state index contributed by atoms with van der Waals surface area (Å²) in [4.78, 5) is 0. The summed E-state index contributed by atoms with van der Waals surface area (Å²) in [5, 5.41) is 69.6. The lowest BCUT2D eigenvalue weighted by Crippen LogP contribution is -2.64. The molecule has 11 heteroatoms. The van der Waals surface area contributed by atoms with E-state index in [4.69, 9.17) is 18.9 Å². The molecule has 0 spiro atoms. The topological polar surface area (TPSA) is 179 Å². The molecule has 30 heavy (non-hydrogen) atoms. The highest BCUT2D eigenvalue weighted by Gasteiger charge is 2.50. The SMILES string of the molecule is OC[C@H]1O[C@@H](O)[C@H](O)[C@@H](O)[C@@H]1O[C@@H]1O[C@H](COCc2ccccc2)[C@@H](O)[C@H](O)[C@H]1O. The number of aliphatic hydroxyl groups is 7. The van der Waals surface area contributed by atoms with Crippen molar-refractivity contribution in [3.63, 3.8) is 0 Å². The summed E-state index contributed by atoms with van der Waals surface area (Å²) in [6, 6.07) is 9.24. The van der Waals surface area contributed by atoms with Crippen LogP contribution in [-0.2, 0) is 25.6 Å². The predicted molar refractivity (Wildman–Crippen MR) is 97.6 cm³/mol. The van der Waals surface area contributed by atoms with E-state index >= 15 is 0 Å². The van der Waals surface area contributed by atoms with Crippen LogP contribution in [0, 0.1) is 0 Å². The van der Waals surface area contributed by atoms with Crippen molar-refractivity contribution in [1.82, 2.24) is 0 Å². The zero-order valence-electron chi connectivity index (χ0n) is 16.0. The second-order valence-corrected chi connectivity index (χ2v) is 7.34. The van der Waals surface area contributed by atoms with Crippen LogP contribution in [0.15, 0.2) is 30.3 Å². The van der Waals surface area contributed by atoms with Crippen LogP contribution in [0.3, 0.4) is 0 Å². The molecule has 2 heterocycles. The third-order valence-corrected chi connectivity index (χ3v) is 5.19. The van der Waals surface area contributed by atoms with E-state index in [1.807, 2.05) is 30.3 Å². The number of hydrogen-bond acceptors (Lipinski definition) is 11. The average Bonchev–Trinajstić information content (AvgIpc) is 2.75. The van der Waals surface area contributed by atoms with Gasteiger partial charge >= 0.3 is 0 Å². The molecule has 2 aliphatic heterocycles. The average molecular weight is 432 g/mol. The van der Waals surface area contributed by atoms with Gasteiger partial charge in [-0.3, -0.25) is 0 Å². The second kappa shape index (κ2) is 10.4. The van der Waals surface area contributed by atoms with Crippen molar-refractivity contribution < 1.29 is 54.7 Å². The van der Waals surface area contributed by atoms with Gasteiger partial charge in [0.25, 0.3) is 0 Å². The van der Waals surface area contributed by atoms with Crippen molar-refractivity contribution in [3.8, 4) is 0 Å². The first kappa shape index (κ1) is 23.4. The van der Waals surface area contributed by atoms with Crippen LogP contribution >= 0.6 is 0 Å². The van der Waals surface area contributed by atoms with Gasteiger partial charge in [-0.05, 0) is 5.56 Å². The fourth-order valence-electron chi connectivity index (χ4n) is 3.42. The standard InChI is InChI=1S/C19H28O11/c20-6-10-17(14(23)15(24)18(26)28-10)30-19-16(25)13(22)12(21)11(29-19)8-27-7-9-4-2-1-3-5-9/h1-5,10-26H,6-8H2/t10-,11-,12-,13+,14-,15-,16-,17-,18-,19+/m1/s1. The zero-order valence-corrected chi connectivity index (χ0v) is 16.0. The highest BCUT2D eigenvalue weighted by Crippen LogP contribution is 2.28. The Morgan fingerprint density at radius 1 is 0.767 bits per heavy atom. The highest BCUT2D eigenvalue weighted by molar-refractivity contribution is 5.13. The van der Waals surface area contributed by atoms with Gasteiger partial charge in [-0.1, -0.05) is 30.3 Å². The Labute approximate surface area is 172 Å². The Balaban J connectivity index is 1.63. The minimum absolute atomic E-state index is 0.131. The number of ether oxygens (including phenoxy) is 4. The number of rotatable bonds is 7. The van der Waals surface area contributed by atoms with Crippen molar-refractivity contribution in [2.45, 2.75) is 68.0 Å². The molecule has 2 saturated heterocycles. The van der Waals surface area contributed by atoms with E-state index in [0.29, 0.717) is 0 Å². The smallest absolute Gasteiger partial charge is 0.187 e. The van der Waals surface area contributed by atoms with Crippen LogP contribution in [0.2, 0.25) is 0 Å². The zero-order chi connectivity index (χ0) is 21.8. The van der Waals surface area contributed by atoms with Gasteiger partial charge in [-0.15, -0.1) is 0 Å². The Bertz CT molecular complexity index is 645. The van der Waals surface area contributed by atoms with E-state index in [1.165, 1.54) is 0 Å². The van der Waals surface area contributed by atoms with Gasteiger partial charge in [0.1, 0.15) is 48.8 Å². The van der Waals surface area contributed by atoms with Crippen LogP contribution in [0.25, 0.3) is 0 Å². The third kappa shape index (κ3) is 5.15. The summed E-state index contributed by atoms with van der Waals surface area (Å²) in [7, 11) is 0. The van der Waals surface area contributed by atoms with Crippen molar-refractivity contribution in [2.75, 3.05) is 13.2 Å². The van der Waals surface area contributed by atoms with Crippen molar-refractivity contribution in [3.05, 3.63) is 35.9 Å². The first-order chi connectivity index (χ1) is 14.3. The molecule has 0 saturated carbocycles. The molecule has 7 N–H and O–H groups in total. The molecule has 0 aromatic heterocycles. The van der Waals surface area contributed by atoms with Crippen molar-refractivity contribution >= 4 is 0 Å². The lowest BCUT2D eigenvalue weighted by molar-refractivity contribution is -0.356. The summed E-state index contributed by atoms with van der Waals surface area (Å²) < 4.78 is 21.5. The van der Waals surface area contributed by atoms with Crippen LogP contribution in [-0.4, -0.2) is 110 Å². The Kier molecular flexibility index (Phi) is 8.12. The van der Waals surface area contributed by atoms with E-state index in [-0.39, 0.29) is 13.2 Å². The maximum Gasteiger partial charge on any atom is 0.187 e. The molecule has 3 rings (SSSR count). The molecule has 0 bridgehead atoms. The Morgan fingerprint density at radius 3 is 2.13 bits per heavy atom. The minimum Gasteiger partial charge on any atom is -0.394 e. The fourth-order valence-corrected chi connectivity index (χ4v) is 3.42. The maximum absolute atomic E-state index is 10.2. The first-order valence-corrected chi connectivity index (χ1v) is 9.60. The van der Waals surface area contributed by atoms with Gasteiger partial charge in [0.05, 0.1) is 19.8 Å². The van der Waals surface area contributed by atoms with E-state index in [9.17, 15) is 35.7 Å². The van der Waals surface area contributed by atoms with E-state index in [1.54, 1.807) is 0 Å². The van der Waals surface area contributed by atoms with E-state index in [2.05, 4.69) is 0 Å². The monoisotopic (exact) mass is 432 g/mol. The summed E-state index contributed by atoms with van der Waals surface area (Å²) in [6.45, 7) is -0.569. The van der Waals surface area contributed by atoms with E-state index < -0.39 is 68.0 Å². The predicted octanol–water partition coefficient (Wildman–Crippen LogP) is -3.17. The minimum atomic E-state index is -1.74. The van der Waals surface area contributed by atoms with Gasteiger partial charge < -0.3 is 54.7 Å². The molecular weight excluding hydrogens is 404 g/mol. The van der Waals surface area contributed by atoms with Gasteiger partial charge in [-0.25, -0.2) is 0 Å². The largest absolute Gasteiger partial charge is 0.394 e. The lowest BCUT2D eigenvalue weighted by atomic mass is 9.97. The Hall–Kier alpha value is -1.22. The van der Waals surface area contributed by atoms with Crippen LogP contribution in [0.5, 0.6) is 0 Å². The molecule has 1 aromatic carbocycles. The molecule has 0 aliphatic carbocycles. The van der Waals surface area contributed by atoms with Gasteiger partial charge in [0.15, 0.2) is 12.6 Å². The molecule has 11 nitrogen and oxygen atoms in total. The van der Waals surface area contributed by atoms with Crippen molar-refractivity contribution in [1.29, 1.82) is 0 Å². The molecule has 2 fully saturated rings. The van der Waals surface area contributed by atoms with Crippen molar-refractivity contribution in [2.24, 2.45) is 0 Å². The Morgan fingerprint density at radius 2 is 1.47 bits per heavy atom. The quantitative estimate of drug-likeness (QED) is 0.231. The normalized spacial score (nSPS) is 42.2. The molecule has 2 aliphatic rings. The molecule has 0 unspecified atom stereocenters. The first-order valence-electron chi connectivity index (χ1n) is 9.60. The summed E-state index contributed by atoms with van der Waals surface area (Å²) in [5.41, 5.74) is 0.886. The fraction of sp³-hybridized carbons (Fsp3) is 0.684. The summed E-state index contributed by atoms with van der Waals surface area (Å²) >= 11 is 0. The maximum atomic E-state index is 10.2. The van der Waals surface area contributed by atoms with Gasteiger partial charge in [0, 0.05) is 0 Å². The number of benzene rings is 1. The number of aliphatic hydroxyl groups excluding tert-OH is 7. The molecule has 0 radical (unpaired) electrons. The molecule has 10 atom stereocenters. The highest BCUT2D eigenvalue weighted by atomic mass is 16.7. The molecule has 170 valence electrons. The lowest BCUT2D eigenvalue weighted by Gasteiger charge is -2.45. The van der Waals surface area contributed by atoms with Crippen LogP contribution in [0.1, 0.15) is 5.56 Å².